The van der Waals surface area contributed by atoms with Gasteiger partial charge in [-0.05, 0) is 121 Å². The minimum absolute atomic E-state index is 0.0592. The molecule has 0 aromatic carbocycles. The summed E-state index contributed by atoms with van der Waals surface area (Å²) in [6.45, 7) is 5.83. The zero-order chi connectivity index (χ0) is 40.7. The normalized spacial score (nSPS) is 37.4. The van der Waals surface area contributed by atoms with Crippen LogP contribution >= 0.6 is 0 Å². The Balaban J connectivity index is 1.63. The van der Waals surface area contributed by atoms with Crippen molar-refractivity contribution in [1.82, 2.24) is 4.90 Å². The van der Waals surface area contributed by atoms with E-state index in [1.54, 1.807) is 14.0 Å². The molecule has 1 saturated carbocycles. The lowest BCUT2D eigenvalue weighted by atomic mass is 9.70. The fourth-order valence-corrected chi connectivity index (χ4v) is 9.39. The second-order valence-electron chi connectivity index (χ2n) is 17.2. The number of ether oxygens (including phenoxy) is 3. The topological polar surface area (TPSA) is 140 Å². The van der Waals surface area contributed by atoms with Crippen LogP contribution in [0.25, 0.3) is 0 Å². The Morgan fingerprint density at radius 2 is 1.71 bits per heavy atom. The summed E-state index contributed by atoms with van der Waals surface area (Å²) in [5, 5.41) is 22.7. The Morgan fingerprint density at radius 3 is 2.48 bits per heavy atom. The SMILES string of the molecule is COC(=O)[C@@H]1[C@@H]2CCCN1C(=O)C(=O)[C@]1(O)O[C@H](CC/C(C)=C/C=C/C=C/CCCCC[C@H](O)/C(C)=C/CC(=O)CCC2C[C@@H]2CCC[C@H](OC)C2)CC[C@H]1C. The Kier molecular flexibility index (Phi) is 18.7. The Hall–Kier alpha value is -2.92. The third-order valence-electron chi connectivity index (χ3n) is 13.1. The lowest BCUT2D eigenvalue weighted by Gasteiger charge is -2.45. The van der Waals surface area contributed by atoms with Crippen LogP contribution in [0.4, 0.5) is 0 Å². The highest BCUT2D eigenvalue weighted by Crippen LogP contribution is 2.42. The van der Waals surface area contributed by atoms with Crippen molar-refractivity contribution < 1.29 is 43.6 Å². The predicted octanol–water partition coefficient (Wildman–Crippen LogP) is 7.90. The molecule has 10 nitrogen and oxygen atoms in total. The van der Waals surface area contributed by atoms with E-state index < -0.39 is 47.6 Å². The molecule has 4 rings (SSSR count). The molecule has 3 aliphatic heterocycles. The minimum Gasteiger partial charge on any atom is -0.467 e. The maximum atomic E-state index is 14.3. The molecule has 0 radical (unpaired) electrons. The van der Waals surface area contributed by atoms with Crippen molar-refractivity contribution in [2.45, 2.75) is 173 Å². The number of carbonyl (C=O) groups excluding carboxylic acids is 4. The van der Waals surface area contributed by atoms with Gasteiger partial charge in [0, 0.05) is 32.4 Å². The van der Waals surface area contributed by atoms with Gasteiger partial charge in [-0.15, -0.1) is 0 Å². The summed E-state index contributed by atoms with van der Waals surface area (Å²) in [5.41, 5.74) is 1.94. The number of ketones is 2. The first kappa shape index (κ1) is 45.8. The molecule has 2 N–H and O–H groups in total. The average Bonchev–Trinajstić information content (AvgIpc) is 3.20. The number of Topliss-reactive ketones (excluding diaryl/α,β-unsaturated/α-hetero) is 2. The third-order valence-corrected chi connectivity index (χ3v) is 13.1. The smallest absolute Gasteiger partial charge is 0.328 e. The molecule has 2 saturated heterocycles. The van der Waals surface area contributed by atoms with Crippen molar-refractivity contribution in [3.8, 4) is 0 Å². The lowest BCUT2D eigenvalue weighted by Crippen LogP contribution is -2.62. The Labute approximate surface area is 336 Å². The third kappa shape index (κ3) is 13.0. The number of piperidine rings is 1. The summed E-state index contributed by atoms with van der Waals surface area (Å²) in [6, 6.07) is -1.03. The van der Waals surface area contributed by atoms with Crippen molar-refractivity contribution in [3.63, 3.8) is 0 Å². The molecule has 9 atom stereocenters. The van der Waals surface area contributed by atoms with E-state index in [0.717, 1.165) is 68.9 Å². The maximum absolute atomic E-state index is 14.3. The van der Waals surface area contributed by atoms with E-state index in [1.165, 1.54) is 12.0 Å². The maximum Gasteiger partial charge on any atom is 0.328 e. The first-order chi connectivity index (χ1) is 26.9. The van der Waals surface area contributed by atoms with E-state index in [1.807, 2.05) is 38.2 Å². The number of hydrogen-bond acceptors (Lipinski definition) is 9. The van der Waals surface area contributed by atoms with Crippen LogP contribution < -0.4 is 0 Å². The Bertz CT molecular complexity index is 1430. The minimum atomic E-state index is -2.31. The second-order valence-corrected chi connectivity index (χ2v) is 17.2. The zero-order valence-corrected chi connectivity index (χ0v) is 34.9. The fourth-order valence-electron chi connectivity index (χ4n) is 9.39. The van der Waals surface area contributed by atoms with E-state index in [-0.39, 0.29) is 36.7 Å². The van der Waals surface area contributed by atoms with Crippen LogP contribution in [0.2, 0.25) is 0 Å². The van der Waals surface area contributed by atoms with Gasteiger partial charge in [0.2, 0.25) is 5.79 Å². The molecular formula is C46H71NO9. The first-order valence-corrected chi connectivity index (χ1v) is 21.6. The van der Waals surface area contributed by atoms with Crippen LogP contribution in [-0.4, -0.2) is 89.5 Å². The summed E-state index contributed by atoms with van der Waals surface area (Å²) in [5.74, 6) is -5.53. The van der Waals surface area contributed by atoms with Gasteiger partial charge in [0.1, 0.15) is 11.8 Å². The molecular weight excluding hydrogens is 711 g/mol. The average molecular weight is 782 g/mol. The molecule has 4 aliphatic rings. The molecule has 0 spiro atoms. The molecule has 4 bridgehead atoms. The van der Waals surface area contributed by atoms with Crippen LogP contribution in [0.1, 0.15) is 143 Å². The molecule has 0 aromatic rings. The van der Waals surface area contributed by atoms with Gasteiger partial charge in [0.15, 0.2) is 0 Å². The molecule has 3 fully saturated rings. The van der Waals surface area contributed by atoms with Gasteiger partial charge >= 0.3 is 5.97 Å². The van der Waals surface area contributed by atoms with Gasteiger partial charge < -0.3 is 29.3 Å². The highest BCUT2D eigenvalue weighted by Gasteiger charge is 2.54. The predicted molar refractivity (Wildman–Crippen MR) is 217 cm³/mol. The summed E-state index contributed by atoms with van der Waals surface area (Å²) < 4.78 is 17.2. The van der Waals surface area contributed by atoms with Crippen molar-refractivity contribution in [3.05, 3.63) is 47.6 Å². The second kappa shape index (κ2) is 22.9. The van der Waals surface area contributed by atoms with Gasteiger partial charge in [0.05, 0.1) is 25.4 Å². The molecule has 10 heteroatoms. The monoisotopic (exact) mass is 782 g/mol. The number of fused-ring (bicyclic) bond motifs is 4. The molecule has 56 heavy (non-hydrogen) atoms. The number of aliphatic hydroxyl groups is 2. The summed E-state index contributed by atoms with van der Waals surface area (Å²) >= 11 is 0. The van der Waals surface area contributed by atoms with E-state index in [2.05, 4.69) is 12.2 Å². The van der Waals surface area contributed by atoms with Gasteiger partial charge in [-0.2, -0.15) is 0 Å². The largest absolute Gasteiger partial charge is 0.467 e. The summed E-state index contributed by atoms with van der Waals surface area (Å²) in [4.78, 5) is 57.0. The van der Waals surface area contributed by atoms with Crippen LogP contribution in [0.15, 0.2) is 47.6 Å². The molecule has 1 amide bonds. The number of hydrogen-bond donors (Lipinski definition) is 2. The van der Waals surface area contributed by atoms with E-state index in [9.17, 15) is 29.4 Å². The van der Waals surface area contributed by atoms with E-state index >= 15 is 0 Å². The summed E-state index contributed by atoms with van der Waals surface area (Å²) in [7, 11) is 3.04. The van der Waals surface area contributed by atoms with Gasteiger partial charge in [-0.3, -0.25) is 14.4 Å². The quantitative estimate of drug-likeness (QED) is 0.166. The number of aliphatic hydroxyl groups excluding tert-OH is 1. The van der Waals surface area contributed by atoms with Gasteiger partial charge in [-0.1, -0.05) is 74.6 Å². The number of allylic oxidation sites excluding steroid dienone is 7. The first-order valence-electron chi connectivity index (χ1n) is 21.6. The number of nitrogens with zero attached hydrogens (tertiary/aromatic N) is 1. The van der Waals surface area contributed by atoms with E-state index in [4.69, 9.17) is 14.2 Å². The van der Waals surface area contributed by atoms with Gasteiger partial charge in [0.25, 0.3) is 11.7 Å². The zero-order valence-electron chi connectivity index (χ0n) is 34.9. The standard InChI is InChI=1S/C46H71NO9/c1-32-16-12-10-8-6-7-9-11-13-20-41(49)33(2)22-25-37(48)26-24-36(30-35-17-14-18-39(31-35)54-4)40-19-15-29-47(42(40)45(52)55-5)44(51)43(50)46(53)34(3)23-28-38(56-46)27-21-32/h6,8,10,12,16,22,34-36,38-42,49,53H,7,9,11,13-15,17-21,23-31H2,1-5H3/b8-6+,12-10+,32-16+,33-22+/t34-,35+,36?,38-,39+,40-,41+,42+,46-/m1/s1. The number of methoxy groups -OCH3 is 2. The van der Waals surface area contributed by atoms with Crippen LogP contribution in [0.3, 0.4) is 0 Å². The van der Waals surface area contributed by atoms with Crippen molar-refractivity contribution in [2.24, 2.45) is 23.7 Å². The molecule has 314 valence electrons. The molecule has 1 unspecified atom stereocenters. The van der Waals surface area contributed by atoms with Crippen LogP contribution in [0.5, 0.6) is 0 Å². The number of esters is 1. The molecule has 1 aliphatic carbocycles. The Morgan fingerprint density at radius 1 is 0.911 bits per heavy atom. The number of rotatable bonds is 4. The van der Waals surface area contributed by atoms with Gasteiger partial charge in [-0.25, -0.2) is 4.79 Å². The van der Waals surface area contributed by atoms with Crippen LogP contribution in [-0.2, 0) is 33.4 Å². The summed E-state index contributed by atoms with van der Waals surface area (Å²) in [6.07, 6.45) is 25.3. The lowest BCUT2D eigenvalue weighted by molar-refractivity contribution is -0.263. The van der Waals surface area contributed by atoms with Crippen molar-refractivity contribution >= 4 is 23.4 Å². The van der Waals surface area contributed by atoms with Crippen molar-refractivity contribution in [1.29, 1.82) is 0 Å². The number of amides is 1. The van der Waals surface area contributed by atoms with Crippen LogP contribution in [0, 0.1) is 23.7 Å². The highest BCUT2D eigenvalue weighted by atomic mass is 16.6. The fraction of sp³-hybridized carbons (Fsp3) is 0.739. The molecule has 3 heterocycles. The van der Waals surface area contributed by atoms with Crippen molar-refractivity contribution in [2.75, 3.05) is 20.8 Å². The molecule has 0 aromatic heterocycles. The number of carbonyl (C=O) groups is 4. The van der Waals surface area contributed by atoms with E-state index in [0.29, 0.717) is 63.7 Å². The highest BCUT2D eigenvalue weighted by molar-refractivity contribution is 6.39.